The number of nitrogens with one attached hydrogen (secondary N) is 1. The van der Waals surface area contributed by atoms with Gasteiger partial charge in [0.25, 0.3) is 10.2 Å². The Hall–Kier alpha value is -0.170. The third-order valence-corrected chi connectivity index (χ3v) is 6.54. The van der Waals surface area contributed by atoms with E-state index in [2.05, 4.69) is 5.32 Å². The number of rotatable bonds is 2. The van der Waals surface area contributed by atoms with E-state index in [1.807, 2.05) is 0 Å². The van der Waals surface area contributed by atoms with Gasteiger partial charge in [-0.05, 0) is 37.8 Å². The van der Waals surface area contributed by atoms with E-state index in [4.69, 9.17) is 0 Å². The van der Waals surface area contributed by atoms with Gasteiger partial charge >= 0.3 is 0 Å². The topological polar surface area (TPSA) is 52.7 Å². The zero-order chi connectivity index (χ0) is 12.6. The van der Waals surface area contributed by atoms with Crippen molar-refractivity contribution in [3.8, 4) is 0 Å². The van der Waals surface area contributed by atoms with Crippen LogP contribution < -0.4 is 5.32 Å². The molecule has 2 unspecified atom stereocenters. The summed E-state index contributed by atoms with van der Waals surface area (Å²) >= 11 is 0. The number of hydrogen-bond donors (Lipinski definition) is 1. The molecule has 0 bridgehead atoms. The van der Waals surface area contributed by atoms with Crippen molar-refractivity contribution in [2.75, 3.05) is 39.3 Å². The lowest BCUT2D eigenvalue weighted by Gasteiger charge is -2.26. The average Bonchev–Trinajstić information content (AvgIpc) is 2.80. The molecule has 18 heavy (non-hydrogen) atoms. The van der Waals surface area contributed by atoms with Crippen molar-refractivity contribution < 1.29 is 8.42 Å². The minimum atomic E-state index is -3.19. The number of hydrogen-bond acceptors (Lipinski definition) is 3. The monoisotopic (exact) mass is 273 g/mol. The molecular formula is C12H23N3O2S. The molecule has 0 aliphatic carbocycles. The normalized spacial score (nSPS) is 35.6. The molecule has 3 fully saturated rings. The predicted octanol–water partition coefficient (Wildman–Crippen LogP) is 0.258. The molecule has 0 aromatic heterocycles. The lowest BCUT2D eigenvalue weighted by Crippen LogP contribution is -2.44. The third kappa shape index (κ3) is 2.31. The lowest BCUT2D eigenvalue weighted by molar-refractivity contribution is 0.357. The summed E-state index contributed by atoms with van der Waals surface area (Å²) in [4.78, 5) is 0. The Morgan fingerprint density at radius 2 is 1.39 bits per heavy atom. The van der Waals surface area contributed by atoms with Crippen LogP contribution in [0.2, 0.25) is 0 Å². The van der Waals surface area contributed by atoms with Gasteiger partial charge in [-0.15, -0.1) is 0 Å². The molecule has 5 nitrogen and oxygen atoms in total. The molecule has 0 saturated carbocycles. The molecular weight excluding hydrogens is 250 g/mol. The first-order chi connectivity index (χ1) is 8.68. The summed E-state index contributed by atoms with van der Waals surface area (Å²) in [5, 5.41) is 3.35. The second-order valence-corrected chi connectivity index (χ2v) is 7.74. The van der Waals surface area contributed by atoms with Crippen LogP contribution in [0, 0.1) is 11.8 Å². The van der Waals surface area contributed by atoms with E-state index in [9.17, 15) is 8.42 Å². The Morgan fingerprint density at radius 3 is 1.94 bits per heavy atom. The second-order valence-electron chi connectivity index (χ2n) is 5.82. The summed E-state index contributed by atoms with van der Waals surface area (Å²) in [6, 6.07) is 0. The van der Waals surface area contributed by atoms with Crippen LogP contribution in [0.4, 0.5) is 0 Å². The molecule has 3 rings (SSSR count). The van der Waals surface area contributed by atoms with E-state index in [1.165, 1.54) is 12.8 Å². The highest BCUT2D eigenvalue weighted by atomic mass is 32.2. The van der Waals surface area contributed by atoms with Crippen molar-refractivity contribution in [1.82, 2.24) is 13.9 Å². The van der Waals surface area contributed by atoms with Crippen molar-refractivity contribution in [3.05, 3.63) is 0 Å². The first kappa shape index (κ1) is 12.8. The van der Waals surface area contributed by atoms with E-state index < -0.39 is 10.2 Å². The van der Waals surface area contributed by atoms with Gasteiger partial charge in [-0.2, -0.15) is 17.0 Å². The molecule has 3 heterocycles. The van der Waals surface area contributed by atoms with Gasteiger partial charge in [0.05, 0.1) is 0 Å². The summed E-state index contributed by atoms with van der Waals surface area (Å²) in [5.74, 6) is 1.07. The van der Waals surface area contributed by atoms with Crippen LogP contribution in [-0.4, -0.2) is 56.3 Å². The van der Waals surface area contributed by atoms with Crippen LogP contribution in [0.3, 0.4) is 0 Å². The average molecular weight is 273 g/mol. The van der Waals surface area contributed by atoms with Crippen molar-refractivity contribution >= 4 is 10.2 Å². The Kier molecular flexibility index (Phi) is 3.62. The highest BCUT2D eigenvalue weighted by Crippen LogP contribution is 2.29. The zero-order valence-corrected chi connectivity index (χ0v) is 11.7. The van der Waals surface area contributed by atoms with E-state index in [1.54, 1.807) is 8.61 Å². The summed E-state index contributed by atoms with van der Waals surface area (Å²) in [6.07, 6.45) is 4.37. The fourth-order valence-electron chi connectivity index (χ4n) is 3.44. The maximum absolute atomic E-state index is 12.6. The summed E-state index contributed by atoms with van der Waals surface area (Å²) in [5.41, 5.74) is 0. The maximum Gasteiger partial charge on any atom is 0.281 e. The van der Waals surface area contributed by atoms with E-state index in [-0.39, 0.29) is 0 Å². The second kappa shape index (κ2) is 5.07. The molecule has 0 spiro atoms. The Morgan fingerprint density at radius 1 is 0.833 bits per heavy atom. The molecule has 0 aromatic rings. The van der Waals surface area contributed by atoms with Crippen molar-refractivity contribution in [2.45, 2.75) is 25.7 Å². The molecule has 2 atom stereocenters. The minimum Gasteiger partial charge on any atom is -0.316 e. The van der Waals surface area contributed by atoms with Gasteiger partial charge in [0, 0.05) is 26.2 Å². The number of nitrogens with zero attached hydrogens (tertiary/aromatic N) is 2. The Bertz CT molecular complexity index is 378. The summed E-state index contributed by atoms with van der Waals surface area (Å²) in [7, 11) is -3.19. The molecule has 3 aliphatic rings. The molecule has 0 radical (unpaired) electrons. The zero-order valence-electron chi connectivity index (χ0n) is 10.8. The highest BCUT2D eigenvalue weighted by Gasteiger charge is 2.42. The first-order valence-corrected chi connectivity index (χ1v) is 8.53. The van der Waals surface area contributed by atoms with E-state index in [0.717, 1.165) is 39.0 Å². The Balaban J connectivity index is 1.70. The molecule has 104 valence electrons. The molecule has 3 aliphatic heterocycles. The molecule has 6 heteroatoms. The maximum atomic E-state index is 12.6. The standard InChI is InChI=1S/C12H23N3O2S/c16-18(17,14-5-3-1-2-4-6-14)15-9-11-7-13-8-12(11)10-15/h11-13H,1-10H2. The van der Waals surface area contributed by atoms with Gasteiger partial charge in [0.1, 0.15) is 0 Å². The molecule has 0 amide bonds. The van der Waals surface area contributed by atoms with Crippen LogP contribution in [0.25, 0.3) is 0 Å². The van der Waals surface area contributed by atoms with Crippen LogP contribution >= 0.6 is 0 Å². The van der Waals surface area contributed by atoms with Crippen LogP contribution in [0.5, 0.6) is 0 Å². The predicted molar refractivity (Wildman–Crippen MR) is 70.4 cm³/mol. The fraction of sp³-hybridized carbons (Fsp3) is 1.00. The van der Waals surface area contributed by atoms with Crippen LogP contribution in [0.15, 0.2) is 0 Å². The smallest absolute Gasteiger partial charge is 0.281 e. The lowest BCUT2D eigenvalue weighted by atomic mass is 10.0. The van der Waals surface area contributed by atoms with Gasteiger partial charge in [0.15, 0.2) is 0 Å². The van der Waals surface area contributed by atoms with Crippen molar-refractivity contribution in [1.29, 1.82) is 0 Å². The highest BCUT2D eigenvalue weighted by molar-refractivity contribution is 7.86. The van der Waals surface area contributed by atoms with Gasteiger partial charge < -0.3 is 5.32 Å². The first-order valence-electron chi connectivity index (χ1n) is 7.14. The Labute approximate surface area is 110 Å². The molecule has 1 N–H and O–H groups in total. The molecule has 3 saturated heterocycles. The van der Waals surface area contributed by atoms with E-state index >= 15 is 0 Å². The summed E-state index contributed by atoms with van der Waals surface area (Å²) < 4.78 is 28.7. The SMILES string of the molecule is O=S(=O)(N1CCCCCC1)N1CC2CNCC2C1. The van der Waals surface area contributed by atoms with Gasteiger partial charge in [-0.3, -0.25) is 0 Å². The number of fused-ring (bicyclic) bond motifs is 1. The van der Waals surface area contributed by atoms with Gasteiger partial charge in [0.2, 0.25) is 0 Å². The largest absolute Gasteiger partial charge is 0.316 e. The van der Waals surface area contributed by atoms with Crippen molar-refractivity contribution in [3.63, 3.8) is 0 Å². The quantitative estimate of drug-likeness (QED) is 0.785. The third-order valence-electron chi connectivity index (χ3n) is 4.57. The molecule has 0 aromatic carbocycles. The summed E-state index contributed by atoms with van der Waals surface area (Å²) in [6.45, 7) is 4.83. The van der Waals surface area contributed by atoms with Gasteiger partial charge in [-0.1, -0.05) is 12.8 Å². The van der Waals surface area contributed by atoms with Gasteiger partial charge in [-0.25, -0.2) is 0 Å². The van der Waals surface area contributed by atoms with E-state index in [0.29, 0.717) is 24.9 Å². The van der Waals surface area contributed by atoms with Crippen LogP contribution in [-0.2, 0) is 10.2 Å². The fourth-order valence-corrected chi connectivity index (χ4v) is 5.24. The van der Waals surface area contributed by atoms with Crippen LogP contribution in [0.1, 0.15) is 25.7 Å². The van der Waals surface area contributed by atoms with Crippen molar-refractivity contribution in [2.24, 2.45) is 11.8 Å². The minimum absolute atomic E-state index is 0.534.